The first-order chi connectivity index (χ1) is 7.84. The molecule has 3 rings (SSSR count). The second-order valence-corrected chi connectivity index (χ2v) is 5.01. The molecule has 0 bridgehead atoms. The van der Waals surface area contributed by atoms with E-state index in [-0.39, 0.29) is 12.0 Å². The number of aliphatic hydroxyl groups is 1. The van der Waals surface area contributed by atoms with E-state index in [4.69, 9.17) is 4.74 Å². The lowest BCUT2D eigenvalue weighted by atomic mass is 9.94. The zero-order chi connectivity index (χ0) is 11.0. The lowest BCUT2D eigenvalue weighted by Crippen LogP contribution is -2.12. The highest BCUT2D eigenvalue weighted by Crippen LogP contribution is 2.40. The van der Waals surface area contributed by atoms with Crippen molar-refractivity contribution in [2.24, 2.45) is 5.92 Å². The van der Waals surface area contributed by atoms with Crippen molar-refractivity contribution in [1.82, 2.24) is 0 Å². The van der Waals surface area contributed by atoms with Crippen LogP contribution in [-0.2, 0) is 4.74 Å². The normalized spacial score (nSPS) is 26.9. The molecule has 1 aromatic rings. The van der Waals surface area contributed by atoms with Crippen LogP contribution in [0.4, 0.5) is 0 Å². The van der Waals surface area contributed by atoms with Gasteiger partial charge in [0, 0.05) is 12.5 Å². The van der Waals surface area contributed by atoms with E-state index in [1.54, 1.807) is 0 Å². The molecular formula is C14H18O2. The SMILES string of the molecule is OC(c1ccc(C2CC2)cc1)C1CCOC1. The van der Waals surface area contributed by atoms with Crippen molar-refractivity contribution < 1.29 is 9.84 Å². The Morgan fingerprint density at radius 1 is 1.12 bits per heavy atom. The van der Waals surface area contributed by atoms with E-state index in [2.05, 4.69) is 24.3 Å². The van der Waals surface area contributed by atoms with Crippen LogP contribution in [0.5, 0.6) is 0 Å². The fourth-order valence-corrected chi connectivity index (χ4v) is 2.46. The minimum absolute atomic E-state index is 0.284. The molecule has 16 heavy (non-hydrogen) atoms. The molecule has 0 aromatic heterocycles. The van der Waals surface area contributed by atoms with Crippen LogP contribution in [0.1, 0.15) is 42.4 Å². The third kappa shape index (κ3) is 2.00. The van der Waals surface area contributed by atoms with Gasteiger partial charge in [0.05, 0.1) is 12.7 Å². The topological polar surface area (TPSA) is 29.5 Å². The molecule has 2 fully saturated rings. The first kappa shape index (κ1) is 10.3. The van der Waals surface area contributed by atoms with Gasteiger partial charge in [-0.1, -0.05) is 24.3 Å². The predicted octanol–water partition coefficient (Wildman–Crippen LogP) is 2.63. The van der Waals surface area contributed by atoms with Crippen molar-refractivity contribution in [3.8, 4) is 0 Å². The summed E-state index contributed by atoms with van der Waals surface area (Å²) in [5.74, 6) is 1.08. The van der Waals surface area contributed by atoms with Crippen LogP contribution in [0, 0.1) is 5.92 Å². The van der Waals surface area contributed by atoms with Crippen molar-refractivity contribution in [2.45, 2.75) is 31.3 Å². The van der Waals surface area contributed by atoms with E-state index in [9.17, 15) is 5.11 Å². The van der Waals surface area contributed by atoms with Gasteiger partial charge in [0.25, 0.3) is 0 Å². The summed E-state index contributed by atoms with van der Waals surface area (Å²) in [5, 5.41) is 10.2. The monoisotopic (exact) mass is 218 g/mol. The van der Waals surface area contributed by atoms with Gasteiger partial charge < -0.3 is 9.84 Å². The predicted molar refractivity (Wildman–Crippen MR) is 62.3 cm³/mol. The highest BCUT2D eigenvalue weighted by atomic mass is 16.5. The van der Waals surface area contributed by atoms with Crippen LogP contribution < -0.4 is 0 Å². The third-order valence-corrected chi connectivity index (χ3v) is 3.74. The van der Waals surface area contributed by atoms with Gasteiger partial charge in [-0.3, -0.25) is 0 Å². The number of rotatable bonds is 3. The first-order valence-corrected chi connectivity index (χ1v) is 6.20. The molecule has 0 amide bonds. The number of hydrogen-bond donors (Lipinski definition) is 1. The number of benzene rings is 1. The van der Waals surface area contributed by atoms with E-state index in [1.807, 2.05) is 0 Å². The fraction of sp³-hybridized carbons (Fsp3) is 0.571. The van der Waals surface area contributed by atoms with Crippen molar-refractivity contribution in [2.75, 3.05) is 13.2 Å². The first-order valence-electron chi connectivity index (χ1n) is 6.20. The summed E-state index contributed by atoms with van der Waals surface area (Å²) >= 11 is 0. The van der Waals surface area contributed by atoms with Crippen LogP contribution in [-0.4, -0.2) is 18.3 Å². The van der Waals surface area contributed by atoms with Crippen molar-refractivity contribution in [3.63, 3.8) is 0 Å². The van der Waals surface area contributed by atoms with Crippen LogP contribution in [0.25, 0.3) is 0 Å². The van der Waals surface area contributed by atoms with Crippen molar-refractivity contribution in [3.05, 3.63) is 35.4 Å². The van der Waals surface area contributed by atoms with Crippen molar-refractivity contribution in [1.29, 1.82) is 0 Å². The zero-order valence-corrected chi connectivity index (χ0v) is 9.43. The molecule has 1 aliphatic heterocycles. The summed E-state index contributed by atoms with van der Waals surface area (Å²) in [5.41, 5.74) is 2.47. The largest absolute Gasteiger partial charge is 0.388 e. The second kappa shape index (κ2) is 4.19. The van der Waals surface area contributed by atoms with Gasteiger partial charge in [0.1, 0.15) is 0 Å². The van der Waals surface area contributed by atoms with Crippen LogP contribution in [0.15, 0.2) is 24.3 Å². The third-order valence-electron chi connectivity index (χ3n) is 3.74. The molecule has 1 aliphatic carbocycles. The smallest absolute Gasteiger partial charge is 0.0841 e. The molecule has 0 radical (unpaired) electrons. The number of ether oxygens (including phenoxy) is 1. The van der Waals surface area contributed by atoms with Gasteiger partial charge >= 0.3 is 0 Å². The van der Waals surface area contributed by atoms with Crippen LogP contribution in [0.3, 0.4) is 0 Å². The van der Waals surface area contributed by atoms with E-state index in [0.717, 1.165) is 24.5 Å². The lowest BCUT2D eigenvalue weighted by molar-refractivity contribution is 0.0918. The maximum Gasteiger partial charge on any atom is 0.0841 e. The molecule has 2 heteroatoms. The summed E-state index contributed by atoms with van der Waals surface area (Å²) in [6.07, 6.45) is 3.29. The fourth-order valence-electron chi connectivity index (χ4n) is 2.46. The Kier molecular flexibility index (Phi) is 2.70. The summed E-state index contributed by atoms with van der Waals surface area (Å²) in [6.45, 7) is 1.49. The minimum atomic E-state index is -0.351. The Bertz CT molecular complexity index is 348. The summed E-state index contributed by atoms with van der Waals surface area (Å²) in [7, 11) is 0. The van der Waals surface area contributed by atoms with E-state index >= 15 is 0 Å². The minimum Gasteiger partial charge on any atom is -0.388 e. The van der Waals surface area contributed by atoms with Crippen molar-refractivity contribution >= 4 is 0 Å². The second-order valence-electron chi connectivity index (χ2n) is 5.01. The molecule has 1 saturated carbocycles. The Labute approximate surface area is 96.2 Å². The summed E-state index contributed by atoms with van der Waals surface area (Å²) in [4.78, 5) is 0. The molecule has 1 aromatic carbocycles. The zero-order valence-electron chi connectivity index (χ0n) is 9.43. The van der Waals surface area contributed by atoms with Gasteiger partial charge in [0.15, 0.2) is 0 Å². The quantitative estimate of drug-likeness (QED) is 0.845. The average Bonchev–Trinajstić information content (AvgIpc) is 3.04. The molecule has 86 valence electrons. The Hall–Kier alpha value is -0.860. The van der Waals surface area contributed by atoms with Crippen LogP contribution >= 0.6 is 0 Å². The maximum atomic E-state index is 10.2. The highest BCUT2D eigenvalue weighted by molar-refractivity contribution is 5.29. The molecule has 1 heterocycles. The Morgan fingerprint density at radius 3 is 2.44 bits per heavy atom. The van der Waals surface area contributed by atoms with E-state index in [1.165, 1.54) is 18.4 Å². The molecule has 2 unspecified atom stereocenters. The summed E-state index contributed by atoms with van der Waals surface area (Å²) in [6, 6.07) is 8.51. The van der Waals surface area contributed by atoms with E-state index < -0.39 is 0 Å². The summed E-state index contributed by atoms with van der Waals surface area (Å²) < 4.78 is 5.31. The molecule has 2 atom stereocenters. The van der Waals surface area contributed by atoms with Gasteiger partial charge in [-0.05, 0) is 36.3 Å². The van der Waals surface area contributed by atoms with Gasteiger partial charge in [-0.25, -0.2) is 0 Å². The van der Waals surface area contributed by atoms with E-state index in [0.29, 0.717) is 6.61 Å². The molecular weight excluding hydrogens is 200 g/mol. The highest BCUT2D eigenvalue weighted by Gasteiger charge is 2.26. The van der Waals surface area contributed by atoms with Gasteiger partial charge in [-0.15, -0.1) is 0 Å². The molecule has 2 aliphatic rings. The van der Waals surface area contributed by atoms with Gasteiger partial charge in [-0.2, -0.15) is 0 Å². The number of hydrogen-bond acceptors (Lipinski definition) is 2. The standard InChI is InChI=1S/C14H18O2/c15-14(13-7-8-16-9-13)12-5-3-11(4-6-12)10-1-2-10/h3-6,10,13-15H,1-2,7-9H2. The molecule has 0 spiro atoms. The average molecular weight is 218 g/mol. The van der Waals surface area contributed by atoms with Crippen LogP contribution in [0.2, 0.25) is 0 Å². The Morgan fingerprint density at radius 2 is 1.88 bits per heavy atom. The molecule has 1 N–H and O–H groups in total. The molecule has 1 saturated heterocycles. The maximum absolute atomic E-state index is 10.2. The molecule has 2 nitrogen and oxygen atoms in total. The number of aliphatic hydroxyl groups excluding tert-OH is 1. The lowest BCUT2D eigenvalue weighted by Gasteiger charge is -2.17. The Balaban J connectivity index is 1.72. The van der Waals surface area contributed by atoms with Gasteiger partial charge in [0.2, 0.25) is 0 Å².